The van der Waals surface area contributed by atoms with Crippen molar-refractivity contribution < 1.29 is 4.74 Å². The summed E-state index contributed by atoms with van der Waals surface area (Å²) in [6.45, 7) is 2.50. The molecule has 1 rings (SSSR count). The lowest BCUT2D eigenvalue weighted by atomic mass is 9.90. The molecule has 1 aliphatic heterocycles. The highest BCUT2D eigenvalue weighted by Gasteiger charge is 2.29. The predicted octanol–water partition coefficient (Wildman–Crippen LogP) is 0.104. The van der Waals surface area contributed by atoms with Crippen LogP contribution in [0.25, 0.3) is 0 Å². The van der Waals surface area contributed by atoms with Crippen LogP contribution in [0.1, 0.15) is 19.3 Å². The van der Waals surface area contributed by atoms with Crippen LogP contribution in [0.3, 0.4) is 0 Å². The molecule has 0 aromatic heterocycles. The van der Waals surface area contributed by atoms with Gasteiger partial charge in [-0.2, -0.15) is 0 Å². The molecule has 1 atom stereocenters. The van der Waals surface area contributed by atoms with Crippen molar-refractivity contribution in [1.82, 2.24) is 5.32 Å². The highest BCUT2D eigenvalue weighted by atomic mass is 16.5. The zero-order valence-corrected chi connectivity index (χ0v) is 7.23. The molecule has 0 spiro atoms. The number of hydrogen-bond acceptors (Lipinski definition) is 3. The second-order valence-electron chi connectivity index (χ2n) is 3.30. The first-order valence-electron chi connectivity index (χ1n) is 4.27. The third-order valence-corrected chi connectivity index (χ3v) is 2.39. The molecule has 3 N–H and O–H groups in total. The summed E-state index contributed by atoms with van der Waals surface area (Å²) in [7, 11) is 1.73. The van der Waals surface area contributed by atoms with Gasteiger partial charge in [0.15, 0.2) is 0 Å². The summed E-state index contributed by atoms with van der Waals surface area (Å²) in [6, 6.07) is 0. The number of hydrogen-bond donors (Lipinski definition) is 2. The standard InChI is InChI=1S/C8H18N2O/c1-11-7-8(6-9)4-2-3-5-10-8/h10H,2-7,9H2,1H3. The van der Waals surface area contributed by atoms with E-state index < -0.39 is 0 Å². The molecule has 0 saturated carbocycles. The Hall–Kier alpha value is -0.120. The Balaban J connectivity index is 2.42. The van der Waals surface area contributed by atoms with Gasteiger partial charge in [0, 0.05) is 13.7 Å². The number of piperidine rings is 1. The molecule has 66 valence electrons. The molecule has 1 aliphatic rings. The summed E-state index contributed by atoms with van der Waals surface area (Å²) >= 11 is 0. The zero-order chi connectivity index (χ0) is 8.16. The van der Waals surface area contributed by atoms with Gasteiger partial charge < -0.3 is 15.8 Å². The Bertz CT molecular complexity index is 105. The Morgan fingerprint density at radius 3 is 2.82 bits per heavy atom. The first-order chi connectivity index (χ1) is 5.33. The molecule has 1 saturated heterocycles. The molecular weight excluding hydrogens is 140 g/mol. The van der Waals surface area contributed by atoms with Crippen LogP contribution in [-0.4, -0.2) is 32.3 Å². The molecule has 0 radical (unpaired) electrons. The highest BCUT2D eigenvalue weighted by molar-refractivity contribution is 4.91. The lowest BCUT2D eigenvalue weighted by Crippen LogP contribution is -2.56. The van der Waals surface area contributed by atoms with Crippen molar-refractivity contribution in [1.29, 1.82) is 0 Å². The first-order valence-corrected chi connectivity index (χ1v) is 4.27. The van der Waals surface area contributed by atoms with Crippen LogP contribution in [0.15, 0.2) is 0 Å². The van der Waals surface area contributed by atoms with E-state index >= 15 is 0 Å². The largest absolute Gasteiger partial charge is 0.383 e. The van der Waals surface area contributed by atoms with Crippen molar-refractivity contribution in [2.75, 3.05) is 26.8 Å². The van der Waals surface area contributed by atoms with Gasteiger partial charge in [0.05, 0.1) is 12.1 Å². The Morgan fingerprint density at radius 1 is 1.55 bits per heavy atom. The summed E-state index contributed by atoms with van der Waals surface area (Å²) < 4.78 is 5.13. The van der Waals surface area contributed by atoms with Crippen LogP contribution in [0.4, 0.5) is 0 Å². The van der Waals surface area contributed by atoms with Gasteiger partial charge in [0.1, 0.15) is 0 Å². The maximum Gasteiger partial charge on any atom is 0.0656 e. The van der Waals surface area contributed by atoms with Crippen molar-refractivity contribution >= 4 is 0 Å². The lowest BCUT2D eigenvalue weighted by Gasteiger charge is -2.36. The molecule has 1 unspecified atom stereocenters. The van der Waals surface area contributed by atoms with E-state index in [1.807, 2.05) is 0 Å². The van der Waals surface area contributed by atoms with Crippen LogP contribution >= 0.6 is 0 Å². The monoisotopic (exact) mass is 158 g/mol. The molecular formula is C8H18N2O. The number of methoxy groups -OCH3 is 1. The lowest BCUT2D eigenvalue weighted by molar-refractivity contribution is 0.0946. The maximum absolute atomic E-state index is 5.68. The average Bonchev–Trinajstić information content (AvgIpc) is 2.07. The molecule has 1 heterocycles. The highest BCUT2D eigenvalue weighted by Crippen LogP contribution is 2.17. The van der Waals surface area contributed by atoms with E-state index in [4.69, 9.17) is 10.5 Å². The average molecular weight is 158 g/mol. The van der Waals surface area contributed by atoms with Crippen LogP contribution < -0.4 is 11.1 Å². The summed E-state index contributed by atoms with van der Waals surface area (Å²) in [5.74, 6) is 0. The molecule has 1 fully saturated rings. The normalized spacial score (nSPS) is 32.2. The van der Waals surface area contributed by atoms with Gasteiger partial charge >= 0.3 is 0 Å². The Kier molecular flexibility index (Phi) is 3.30. The number of rotatable bonds is 3. The predicted molar refractivity (Wildman–Crippen MR) is 45.5 cm³/mol. The smallest absolute Gasteiger partial charge is 0.0656 e. The topological polar surface area (TPSA) is 47.3 Å². The van der Waals surface area contributed by atoms with Gasteiger partial charge in [-0.3, -0.25) is 0 Å². The first kappa shape index (κ1) is 8.97. The molecule has 11 heavy (non-hydrogen) atoms. The van der Waals surface area contributed by atoms with E-state index in [1.165, 1.54) is 12.8 Å². The minimum atomic E-state index is 0.0764. The van der Waals surface area contributed by atoms with E-state index in [0.29, 0.717) is 6.54 Å². The van der Waals surface area contributed by atoms with Crippen LogP contribution in [0.2, 0.25) is 0 Å². The second kappa shape index (κ2) is 4.04. The fourth-order valence-electron chi connectivity index (χ4n) is 1.66. The van der Waals surface area contributed by atoms with Crippen LogP contribution in [0, 0.1) is 0 Å². The summed E-state index contributed by atoms with van der Waals surface area (Å²) in [4.78, 5) is 0. The summed E-state index contributed by atoms with van der Waals surface area (Å²) in [5, 5.41) is 3.43. The van der Waals surface area contributed by atoms with Gasteiger partial charge in [-0.25, -0.2) is 0 Å². The number of ether oxygens (including phenoxy) is 1. The third-order valence-electron chi connectivity index (χ3n) is 2.39. The maximum atomic E-state index is 5.68. The molecule has 0 aromatic rings. The van der Waals surface area contributed by atoms with E-state index in [0.717, 1.165) is 19.6 Å². The molecule has 0 aliphatic carbocycles. The molecule has 0 amide bonds. The van der Waals surface area contributed by atoms with Crippen molar-refractivity contribution in [3.63, 3.8) is 0 Å². The van der Waals surface area contributed by atoms with Crippen molar-refractivity contribution in [2.45, 2.75) is 24.8 Å². The number of nitrogens with one attached hydrogen (secondary N) is 1. The fraction of sp³-hybridized carbons (Fsp3) is 1.00. The Labute approximate surface area is 68.3 Å². The molecule has 0 bridgehead atoms. The van der Waals surface area contributed by atoms with Crippen molar-refractivity contribution in [2.24, 2.45) is 5.73 Å². The third kappa shape index (κ3) is 2.15. The van der Waals surface area contributed by atoms with Gasteiger partial charge in [0.2, 0.25) is 0 Å². The summed E-state index contributed by atoms with van der Waals surface area (Å²) in [5.41, 5.74) is 5.76. The van der Waals surface area contributed by atoms with Crippen molar-refractivity contribution in [3.05, 3.63) is 0 Å². The van der Waals surface area contributed by atoms with E-state index in [-0.39, 0.29) is 5.54 Å². The quantitative estimate of drug-likeness (QED) is 0.612. The van der Waals surface area contributed by atoms with Gasteiger partial charge in [-0.1, -0.05) is 6.42 Å². The minimum absolute atomic E-state index is 0.0764. The van der Waals surface area contributed by atoms with Gasteiger partial charge in [0.25, 0.3) is 0 Å². The Morgan fingerprint density at radius 2 is 2.36 bits per heavy atom. The fourth-order valence-corrected chi connectivity index (χ4v) is 1.66. The second-order valence-corrected chi connectivity index (χ2v) is 3.30. The van der Waals surface area contributed by atoms with Gasteiger partial charge in [-0.15, -0.1) is 0 Å². The molecule has 3 heteroatoms. The molecule has 0 aromatic carbocycles. The summed E-state index contributed by atoms with van der Waals surface area (Å²) in [6.07, 6.45) is 3.69. The zero-order valence-electron chi connectivity index (χ0n) is 7.23. The van der Waals surface area contributed by atoms with E-state index in [1.54, 1.807) is 7.11 Å². The van der Waals surface area contributed by atoms with Crippen LogP contribution in [0.5, 0.6) is 0 Å². The van der Waals surface area contributed by atoms with E-state index in [2.05, 4.69) is 5.32 Å². The van der Waals surface area contributed by atoms with Crippen molar-refractivity contribution in [3.8, 4) is 0 Å². The number of nitrogens with two attached hydrogens (primary N) is 1. The van der Waals surface area contributed by atoms with Crippen LogP contribution in [-0.2, 0) is 4.74 Å². The van der Waals surface area contributed by atoms with E-state index in [9.17, 15) is 0 Å². The van der Waals surface area contributed by atoms with Gasteiger partial charge in [-0.05, 0) is 19.4 Å². The SMILES string of the molecule is COCC1(CN)CCCCN1. The molecule has 3 nitrogen and oxygen atoms in total. The minimum Gasteiger partial charge on any atom is -0.383 e.